The maximum atomic E-state index is 12.5. The van der Waals surface area contributed by atoms with Gasteiger partial charge in [-0.25, -0.2) is 8.42 Å². The molecule has 3 rings (SSSR count). The van der Waals surface area contributed by atoms with Crippen LogP contribution in [0.3, 0.4) is 0 Å². The Morgan fingerprint density at radius 1 is 1.16 bits per heavy atom. The average Bonchev–Trinajstić information content (AvgIpc) is 2.55. The van der Waals surface area contributed by atoms with Crippen molar-refractivity contribution in [2.24, 2.45) is 0 Å². The van der Waals surface area contributed by atoms with Crippen molar-refractivity contribution in [3.05, 3.63) is 58.6 Å². The molecule has 9 heteroatoms. The molecule has 1 atom stereocenters. The number of aliphatic carboxylic acids is 1. The van der Waals surface area contributed by atoms with Crippen LogP contribution in [0.2, 0.25) is 5.02 Å². The Morgan fingerprint density at radius 3 is 2.48 bits per heavy atom. The van der Waals surface area contributed by atoms with Crippen molar-refractivity contribution < 1.29 is 18.3 Å². The summed E-state index contributed by atoms with van der Waals surface area (Å²) in [4.78, 5) is 11.2. The van der Waals surface area contributed by atoms with E-state index in [-0.39, 0.29) is 17.3 Å². The van der Waals surface area contributed by atoms with Crippen LogP contribution in [0.4, 0.5) is 5.69 Å². The first-order chi connectivity index (χ1) is 11.3. The van der Waals surface area contributed by atoms with Gasteiger partial charge < -0.3 is 10.4 Å². The molecule has 0 saturated carbocycles. The first-order valence-electron chi connectivity index (χ1n) is 7.21. The second kappa shape index (κ2) is 7.61. The number of benzene rings is 2. The lowest BCUT2D eigenvalue weighted by Gasteiger charge is -2.23. The fourth-order valence-corrected chi connectivity index (χ4v) is 3.80. The van der Waals surface area contributed by atoms with Crippen LogP contribution in [0, 0.1) is 0 Å². The molecular weight excluding hydrogens is 387 g/mol. The van der Waals surface area contributed by atoms with E-state index < -0.39 is 22.0 Å². The average molecular weight is 403 g/mol. The zero-order valence-electron chi connectivity index (χ0n) is 12.9. The predicted octanol–water partition coefficient (Wildman–Crippen LogP) is 2.66. The first-order valence-corrected chi connectivity index (χ1v) is 9.08. The summed E-state index contributed by atoms with van der Waals surface area (Å²) in [5, 5.41) is 12.5. The SMILES string of the molecule is Cl.O=C(O)C1Cc2ccc(S(=O)(=O)Nc3ccc(Cl)cc3)cc2CN1. The van der Waals surface area contributed by atoms with Crippen LogP contribution in [0.5, 0.6) is 0 Å². The van der Waals surface area contributed by atoms with E-state index in [2.05, 4.69) is 10.0 Å². The predicted molar refractivity (Wildman–Crippen MR) is 97.9 cm³/mol. The molecule has 0 bridgehead atoms. The molecule has 0 fully saturated rings. The number of fused-ring (bicyclic) bond motifs is 1. The lowest BCUT2D eigenvalue weighted by atomic mass is 9.96. The van der Waals surface area contributed by atoms with Gasteiger partial charge in [-0.3, -0.25) is 9.52 Å². The number of sulfonamides is 1. The third-order valence-corrected chi connectivity index (χ3v) is 5.48. The number of hydrogen-bond acceptors (Lipinski definition) is 4. The number of carboxylic acids is 1. The third-order valence-electron chi connectivity index (χ3n) is 3.85. The molecule has 1 unspecified atom stereocenters. The molecule has 1 heterocycles. The molecular formula is C16H16Cl2N2O4S. The number of hydrogen-bond donors (Lipinski definition) is 3. The Balaban J connectivity index is 0.00000225. The van der Waals surface area contributed by atoms with Crippen LogP contribution in [0.15, 0.2) is 47.4 Å². The molecule has 6 nitrogen and oxygen atoms in total. The largest absolute Gasteiger partial charge is 0.480 e. The normalized spacial score (nSPS) is 16.4. The summed E-state index contributed by atoms with van der Waals surface area (Å²) in [7, 11) is -3.73. The zero-order chi connectivity index (χ0) is 17.3. The van der Waals surface area contributed by atoms with E-state index in [1.807, 2.05) is 0 Å². The Labute approximate surface area is 156 Å². The molecule has 1 aliphatic rings. The Kier molecular flexibility index (Phi) is 5.95. The van der Waals surface area contributed by atoms with E-state index in [4.69, 9.17) is 16.7 Å². The van der Waals surface area contributed by atoms with Crippen LogP contribution in [0.25, 0.3) is 0 Å². The molecule has 0 radical (unpaired) electrons. The lowest BCUT2D eigenvalue weighted by Crippen LogP contribution is -2.41. The number of anilines is 1. The monoisotopic (exact) mass is 402 g/mol. The summed E-state index contributed by atoms with van der Waals surface area (Å²) in [5.41, 5.74) is 2.04. The minimum atomic E-state index is -3.73. The molecule has 0 amide bonds. The Morgan fingerprint density at radius 2 is 1.84 bits per heavy atom. The standard InChI is InChI=1S/C16H15ClN2O4S.ClH/c17-12-2-4-13(5-3-12)19-24(22,23)14-6-1-10-8-15(16(20)21)18-9-11(10)7-14;/h1-7,15,18-19H,8-9H2,(H,20,21);1H. The van der Waals surface area contributed by atoms with E-state index in [0.29, 0.717) is 23.7 Å². The van der Waals surface area contributed by atoms with E-state index in [1.54, 1.807) is 36.4 Å². The first kappa shape index (κ1) is 19.5. The van der Waals surface area contributed by atoms with Crippen molar-refractivity contribution in [1.82, 2.24) is 5.32 Å². The highest BCUT2D eigenvalue weighted by Gasteiger charge is 2.25. The summed E-state index contributed by atoms with van der Waals surface area (Å²) in [6.45, 7) is 0.316. The van der Waals surface area contributed by atoms with Gasteiger partial charge in [-0.15, -0.1) is 12.4 Å². The molecule has 0 aliphatic carbocycles. The van der Waals surface area contributed by atoms with Gasteiger partial charge in [-0.05, 0) is 53.9 Å². The van der Waals surface area contributed by atoms with E-state index in [0.717, 1.165) is 11.1 Å². The van der Waals surface area contributed by atoms with Crippen molar-refractivity contribution in [3.63, 3.8) is 0 Å². The number of halogens is 2. The Hall–Kier alpha value is -1.80. The number of rotatable bonds is 4. The molecule has 3 N–H and O–H groups in total. The van der Waals surface area contributed by atoms with Crippen molar-refractivity contribution in [1.29, 1.82) is 0 Å². The smallest absolute Gasteiger partial charge is 0.321 e. The van der Waals surface area contributed by atoms with Crippen LogP contribution in [-0.4, -0.2) is 25.5 Å². The van der Waals surface area contributed by atoms with Gasteiger partial charge in [0.05, 0.1) is 4.90 Å². The summed E-state index contributed by atoms with van der Waals surface area (Å²) < 4.78 is 27.5. The highest BCUT2D eigenvalue weighted by molar-refractivity contribution is 7.92. The van der Waals surface area contributed by atoms with Crippen molar-refractivity contribution in [3.8, 4) is 0 Å². The number of carboxylic acid groups (broad SMARTS) is 1. The minimum Gasteiger partial charge on any atom is -0.480 e. The summed E-state index contributed by atoms with van der Waals surface area (Å²) >= 11 is 5.79. The van der Waals surface area contributed by atoms with E-state index >= 15 is 0 Å². The quantitative estimate of drug-likeness (QED) is 0.730. The fraction of sp³-hybridized carbons (Fsp3) is 0.188. The third kappa shape index (κ3) is 4.43. The maximum absolute atomic E-state index is 12.5. The van der Waals surface area contributed by atoms with Gasteiger partial charge in [0.25, 0.3) is 10.0 Å². The van der Waals surface area contributed by atoms with Crippen LogP contribution in [-0.2, 0) is 27.8 Å². The van der Waals surface area contributed by atoms with Gasteiger partial charge in [0.15, 0.2) is 0 Å². The summed E-state index contributed by atoms with van der Waals surface area (Å²) in [6, 6.07) is 10.4. The second-order valence-corrected chi connectivity index (χ2v) is 7.64. The number of carbonyl (C=O) groups is 1. The van der Waals surface area contributed by atoms with Gasteiger partial charge in [0.1, 0.15) is 6.04 Å². The van der Waals surface area contributed by atoms with Gasteiger partial charge in [-0.1, -0.05) is 17.7 Å². The molecule has 0 spiro atoms. The highest BCUT2D eigenvalue weighted by Crippen LogP contribution is 2.23. The van der Waals surface area contributed by atoms with Gasteiger partial charge in [0.2, 0.25) is 0 Å². The van der Waals surface area contributed by atoms with Crippen molar-refractivity contribution in [2.75, 3.05) is 4.72 Å². The minimum absolute atomic E-state index is 0. The topological polar surface area (TPSA) is 95.5 Å². The zero-order valence-corrected chi connectivity index (χ0v) is 15.3. The maximum Gasteiger partial charge on any atom is 0.321 e. The molecule has 1 aliphatic heterocycles. The summed E-state index contributed by atoms with van der Waals surface area (Å²) in [6.07, 6.45) is 0.329. The van der Waals surface area contributed by atoms with E-state index in [1.165, 1.54) is 6.07 Å². The molecule has 0 aromatic heterocycles. The summed E-state index contributed by atoms with van der Waals surface area (Å²) in [5.74, 6) is -0.915. The fourth-order valence-electron chi connectivity index (χ4n) is 2.57. The van der Waals surface area contributed by atoms with Gasteiger partial charge >= 0.3 is 5.97 Å². The number of nitrogens with one attached hydrogen (secondary N) is 2. The lowest BCUT2D eigenvalue weighted by molar-refractivity contribution is -0.139. The Bertz CT molecular complexity index is 886. The van der Waals surface area contributed by atoms with E-state index in [9.17, 15) is 13.2 Å². The van der Waals surface area contributed by atoms with Gasteiger partial charge in [0, 0.05) is 17.3 Å². The molecule has 134 valence electrons. The van der Waals surface area contributed by atoms with Crippen LogP contribution >= 0.6 is 24.0 Å². The van der Waals surface area contributed by atoms with Crippen LogP contribution in [0.1, 0.15) is 11.1 Å². The van der Waals surface area contributed by atoms with Crippen molar-refractivity contribution >= 4 is 45.7 Å². The molecule has 0 saturated heterocycles. The second-order valence-electron chi connectivity index (χ2n) is 5.52. The molecule has 2 aromatic carbocycles. The highest BCUT2D eigenvalue weighted by atomic mass is 35.5. The molecule has 25 heavy (non-hydrogen) atoms. The molecule has 2 aromatic rings. The van der Waals surface area contributed by atoms with Crippen LogP contribution < -0.4 is 10.0 Å². The van der Waals surface area contributed by atoms with Gasteiger partial charge in [-0.2, -0.15) is 0 Å². The van der Waals surface area contributed by atoms with Crippen molar-refractivity contribution in [2.45, 2.75) is 23.9 Å².